The van der Waals surface area contributed by atoms with Gasteiger partial charge in [-0.3, -0.25) is 0 Å². The van der Waals surface area contributed by atoms with E-state index in [-0.39, 0.29) is 0 Å². The lowest BCUT2D eigenvalue weighted by molar-refractivity contribution is 0.667. The molecule has 46 heavy (non-hydrogen) atoms. The summed E-state index contributed by atoms with van der Waals surface area (Å²) in [7, 11) is 0. The van der Waals surface area contributed by atoms with E-state index in [0.717, 1.165) is 94.5 Å². The summed E-state index contributed by atoms with van der Waals surface area (Å²) in [5.41, 5.74) is 13.1. The molecule has 1 aromatic carbocycles. The number of halogens is 2. The van der Waals surface area contributed by atoms with Crippen LogP contribution in [0.1, 0.15) is 127 Å². The molecule has 0 amide bonds. The minimum absolute atomic E-state index is 0.850. The number of hydrogen-bond donors (Lipinski definition) is 0. The average molecular weight is 785 g/mol. The highest BCUT2D eigenvalue weighted by atomic mass is 79.9. The van der Waals surface area contributed by atoms with Gasteiger partial charge in [0.2, 0.25) is 0 Å². The fourth-order valence-electron chi connectivity index (χ4n) is 6.42. The Hall–Kier alpha value is -1.74. The lowest BCUT2D eigenvalue weighted by Gasteiger charge is -2.17. The molecule has 0 unspecified atom stereocenters. The number of fused-ring (bicyclic) bond motifs is 2. The zero-order valence-corrected chi connectivity index (χ0v) is 33.2. The Kier molecular flexibility index (Phi) is 12.8. The van der Waals surface area contributed by atoms with Gasteiger partial charge in [-0.15, -0.1) is 22.7 Å². The van der Waals surface area contributed by atoms with Gasteiger partial charge in [-0.25, -0.2) is 19.9 Å². The lowest BCUT2D eigenvalue weighted by Crippen LogP contribution is -2.06. The van der Waals surface area contributed by atoms with Gasteiger partial charge in [0.1, 0.15) is 22.1 Å². The van der Waals surface area contributed by atoms with Crippen molar-refractivity contribution in [1.82, 2.24) is 19.9 Å². The summed E-state index contributed by atoms with van der Waals surface area (Å²) < 4.78 is 2.42. The van der Waals surface area contributed by atoms with Crippen molar-refractivity contribution in [3.8, 4) is 20.9 Å². The van der Waals surface area contributed by atoms with E-state index < -0.39 is 0 Å². The Labute approximate surface area is 300 Å². The Morgan fingerprint density at radius 1 is 0.478 bits per heavy atom. The molecule has 5 rings (SSSR count). The summed E-state index contributed by atoms with van der Waals surface area (Å²) in [5.74, 6) is 0. The van der Waals surface area contributed by atoms with Gasteiger partial charge < -0.3 is 0 Å². The van der Waals surface area contributed by atoms with Crippen molar-refractivity contribution in [2.45, 2.75) is 131 Å². The molecule has 0 aliphatic rings. The highest BCUT2D eigenvalue weighted by molar-refractivity contribution is 9.11. The third kappa shape index (κ3) is 7.45. The van der Waals surface area contributed by atoms with Gasteiger partial charge in [0.25, 0.3) is 0 Å². The second-order valence-electron chi connectivity index (χ2n) is 12.2. The first-order valence-corrected chi connectivity index (χ1v) is 20.7. The summed E-state index contributed by atoms with van der Waals surface area (Å²) in [6, 6.07) is 4.76. The van der Waals surface area contributed by atoms with Crippen LogP contribution in [0.15, 0.2) is 19.7 Å². The second-order valence-corrected chi connectivity index (χ2v) is 17.0. The molecule has 0 atom stereocenters. The van der Waals surface area contributed by atoms with E-state index in [1.807, 2.05) is 0 Å². The monoisotopic (exact) mass is 782 g/mol. The molecule has 4 nitrogen and oxygen atoms in total. The van der Waals surface area contributed by atoms with Gasteiger partial charge in [-0.05, 0) is 106 Å². The van der Waals surface area contributed by atoms with Gasteiger partial charge in [0.05, 0.1) is 30.3 Å². The van der Waals surface area contributed by atoms with Crippen molar-refractivity contribution in [1.29, 1.82) is 0 Å². The van der Waals surface area contributed by atoms with Crippen LogP contribution in [0.25, 0.3) is 42.9 Å². The molecule has 0 aliphatic carbocycles. The number of hydrogen-bond acceptors (Lipinski definition) is 6. The predicted octanol–water partition coefficient (Wildman–Crippen LogP) is 13.1. The maximum absolute atomic E-state index is 5.45. The molecule has 0 radical (unpaired) electrons. The molecule has 8 heteroatoms. The number of nitrogens with zero attached hydrogens (tertiary/aromatic N) is 4. The quantitative estimate of drug-likeness (QED) is 0.0739. The largest absolute Gasteiger partial charge is 0.249 e. The van der Waals surface area contributed by atoms with Crippen molar-refractivity contribution >= 4 is 76.6 Å². The summed E-state index contributed by atoms with van der Waals surface area (Å²) in [4.78, 5) is 24.2. The first-order chi connectivity index (χ1) is 22.4. The molecule has 0 aliphatic heterocycles. The normalized spacial score (nSPS) is 11.8. The highest BCUT2D eigenvalue weighted by Gasteiger charge is 2.26. The number of aromatic nitrogens is 4. The molecule has 0 bridgehead atoms. The SMILES string of the molecule is CCCCCCc1cc(-c2c3nc(CC)c(CC)nc3c(-c3cc(CCCCCC)c(Br)s3)c3nc(CC)c(CC)nc23)sc1Br. The summed E-state index contributed by atoms with van der Waals surface area (Å²) >= 11 is 11.5. The molecule has 0 spiro atoms. The van der Waals surface area contributed by atoms with Crippen LogP contribution in [0.2, 0.25) is 0 Å². The van der Waals surface area contributed by atoms with E-state index in [9.17, 15) is 0 Å². The molecular formula is C38H48Br2N4S2. The van der Waals surface area contributed by atoms with Crippen LogP contribution in [0.4, 0.5) is 0 Å². The average Bonchev–Trinajstić information content (AvgIpc) is 3.62. The van der Waals surface area contributed by atoms with Crippen LogP contribution in [-0.2, 0) is 38.5 Å². The van der Waals surface area contributed by atoms with E-state index in [4.69, 9.17) is 19.9 Å². The van der Waals surface area contributed by atoms with Gasteiger partial charge in [0.15, 0.2) is 0 Å². The molecule has 0 fully saturated rings. The minimum atomic E-state index is 0.850. The molecule has 4 heterocycles. The fraction of sp³-hybridized carbons (Fsp3) is 0.526. The summed E-state index contributed by atoms with van der Waals surface area (Å²) in [6.07, 6.45) is 15.6. The summed E-state index contributed by atoms with van der Waals surface area (Å²) in [6.45, 7) is 13.3. The minimum Gasteiger partial charge on any atom is -0.249 e. The van der Waals surface area contributed by atoms with E-state index in [1.54, 1.807) is 22.7 Å². The molecule has 246 valence electrons. The first-order valence-electron chi connectivity index (χ1n) is 17.5. The van der Waals surface area contributed by atoms with Crippen LogP contribution < -0.4 is 0 Å². The van der Waals surface area contributed by atoms with Gasteiger partial charge >= 0.3 is 0 Å². The number of benzene rings is 1. The van der Waals surface area contributed by atoms with Crippen LogP contribution >= 0.6 is 54.5 Å². The Balaban J connectivity index is 1.83. The molecule has 5 aromatic rings. The van der Waals surface area contributed by atoms with E-state index in [1.165, 1.54) is 79.8 Å². The van der Waals surface area contributed by atoms with Crippen LogP contribution in [0, 0.1) is 0 Å². The van der Waals surface area contributed by atoms with Crippen molar-refractivity contribution < 1.29 is 0 Å². The lowest BCUT2D eigenvalue weighted by atomic mass is 9.98. The number of aryl methyl sites for hydroxylation is 6. The van der Waals surface area contributed by atoms with Crippen LogP contribution in [0.5, 0.6) is 0 Å². The molecular weight excluding hydrogens is 736 g/mol. The maximum Gasteiger partial charge on any atom is 0.101 e. The fourth-order valence-corrected chi connectivity index (χ4v) is 10.1. The van der Waals surface area contributed by atoms with E-state index in [0.29, 0.717) is 0 Å². The zero-order chi connectivity index (χ0) is 32.8. The first kappa shape index (κ1) is 35.6. The highest BCUT2D eigenvalue weighted by Crippen LogP contribution is 2.48. The van der Waals surface area contributed by atoms with Gasteiger partial charge in [-0.1, -0.05) is 80.1 Å². The van der Waals surface area contributed by atoms with E-state index in [2.05, 4.69) is 85.5 Å². The number of thiophene rings is 2. The standard InChI is InChI=1S/C38H48Br2N4S2/c1-7-13-15-17-19-23-21-29(45-37(23)39)31-33-35(43-27(11-5)25(9-3)41-33)32(36-34(31)42-26(10-4)28(12-6)44-36)30-22-24(38(40)46-30)20-18-16-14-8-2/h21-22H,7-20H2,1-6H3. The smallest absolute Gasteiger partial charge is 0.101 e. The van der Waals surface area contributed by atoms with Crippen molar-refractivity contribution in [3.63, 3.8) is 0 Å². The topological polar surface area (TPSA) is 51.6 Å². The Bertz CT molecular complexity index is 1600. The Morgan fingerprint density at radius 2 is 0.804 bits per heavy atom. The van der Waals surface area contributed by atoms with Gasteiger partial charge in [0, 0.05) is 20.9 Å². The molecule has 4 aromatic heterocycles. The van der Waals surface area contributed by atoms with Crippen LogP contribution in [0.3, 0.4) is 0 Å². The number of rotatable bonds is 16. The Morgan fingerprint density at radius 3 is 1.09 bits per heavy atom. The maximum atomic E-state index is 5.45. The zero-order valence-electron chi connectivity index (χ0n) is 28.4. The van der Waals surface area contributed by atoms with Crippen molar-refractivity contribution in [3.05, 3.63) is 53.6 Å². The second kappa shape index (κ2) is 16.6. The van der Waals surface area contributed by atoms with Gasteiger partial charge in [-0.2, -0.15) is 0 Å². The number of unbranched alkanes of at least 4 members (excludes halogenated alkanes) is 6. The van der Waals surface area contributed by atoms with Crippen molar-refractivity contribution in [2.24, 2.45) is 0 Å². The third-order valence-electron chi connectivity index (χ3n) is 9.00. The van der Waals surface area contributed by atoms with Crippen molar-refractivity contribution in [2.75, 3.05) is 0 Å². The van der Waals surface area contributed by atoms with E-state index >= 15 is 0 Å². The molecule has 0 saturated carbocycles. The predicted molar refractivity (Wildman–Crippen MR) is 208 cm³/mol. The summed E-state index contributed by atoms with van der Waals surface area (Å²) in [5, 5.41) is 0. The van der Waals surface area contributed by atoms with Crippen LogP contribution in [-0.4, -0.2) is 19.9 Å². The molecule has 0 N–H and O–H groups in total. The third-order valence-corrected chi connectivity index (χ3v) is 13.0. The molecule has 0 saturated heterocycles.